The Balaban J connectivity index is 1.53. The number of alkyl halides is 3. The number of urea groups is 1. The van der Waals surface area contributed by atoms with Crippen LogP contribution in [0.4, 0.5) is 23.7 Å². The van der Waals surface area contributed by atoms with E-state index in [4.69, 9.17) is 30.5 Å². The zero-order valence-corrected chi connectivity index (χ0v) is 14.7. The minimum Gasteiger partial charge on any atom is -0.486 e. The number of hydrogen-bond acceptors (Lipinski definition) is 5. The molecule has 11 heteroatoms. The van der Waals surface area contributed by atoms with Crippen molar-refractivity contribution < 1.29 is 36.9 Å². The minimum absolute atomic E-state index is 0.154. The number of carbonyl (C=O) groups is 1. The molecule has 0 aromatic heterocycles. The Labute approximate surface area is 161 Å². The summed E-state index contributed by atoms with van der Waals surface area (Å²) < 4.78 is 61.4. The second kappa shape index (κ2) is 6.55. The average Bonchev–Trinajstić information content (AvgIpc) is 2.99. The Kier molecular flexibility index (Phi) is 4.30. The maximum Gasteiger partial charge on any atom is 0.492 e. The van der Waals surface area contributed by atoms with Crippen molar-refractivity contribution in [1.29, 1.82) is 0 Å². The minimum atomic E-state index is -5.08. The van der Waals surface area contributed by atoms with Crippen LogP contribution in [0.1, 0.15) is 0 Å². The van der Waals surface area contributed by atoms with Crippen molar-refractivity contribution in [2.45, 2.75) is 12.1 Å². The molecule has 28 heavy (non-hydrogen) atoms. The van der Waals surface area contributed by atoms with Gasteiger partial charge in [-0.2, -0.15) is 13.2 Å². The quantitative estimate of drug-likeness (QED) is 0.776. The first-order valence-corrected chi connectivity index (χ1v) is 8.37. The third-order valence-corrected chi connectivity index (χ3v) is 4.10. The van der Waals surface area contributed by atoms with Crippen LogP contribution >= 0.6 is 11.6 Å². The van der Waals surface area contributed by atoms with Crippen LogP contribution in [-0.2, 0) is 0 Å². The average molecular weight is 417 g/mol. The lowest BCUT2D eigenvalue weighted by molar-refractivity contribution is -0.317. The van der Waals surface area contributed by atoms with Crippen LogP contribution in [-0.4, -0.2) is 31.3 Å². The summed E-state index contributed by atoms with van der Waals surface area (Å²) >= 11 is 5.76. The molecule has 4 rings (SSSR count). The molecule has 2 aliphatic heterocycles. The van der Waals surface area contributed by atoms with Gasteiger partial charge < -0.3 is 24.3 Å². The first kappa shape index (κ1) is 18.4. The lowest BCUT2D eigenvalue weighted by atomic mass is 10.2. The van der Waals surface area contributed by atoms with Gasteiger partial charge >= 0.3 is 18.1 Å². The summed E-state index contributed by atoms with van der Waals surface area (Å²) in [5.74, 6) is -3.01. The molecule has 0 fully saturated rings. The van der Waals surface area contributed by atoms with Gasteiger partial charge in [-0.25, -0.2) is 4.79 Å². The molecule has 2 N–H and O–H groups in total. The predicted molar refractivity (Wildman–Crippen MR) is 91.1 cm³/mol. The summed E-state index contributed by atoms with van der Waals surface area (Å²) in [5.41, 5.74) is 0.192. The van der Waals surface area contributed by atoms with E-state index in [1.165, 1.54) is 30.3 Å². The molecule has 0 radical (unpaired) electrons. The molecule has 2 aliphatic rings. The standard InChI is InChI=1S/C17H12ClF3N2O5/c18-9-1-3-12-14(7-9)28-17(27-12,16(19,20)21)23-15(24)22-10-2-4-11-13(8-10)26-6-5-25-11/h1-4,7-8H,5-6H2,(H2,22,23,24)/t17-/m1/s1. The van der Waals surface area contributed by atoms with E-state index in [1.54, 1.807) is 5.32 Å². The number of ether oxygens (including phenoxy) is 4. The molecule has 0 saturated carbocycles. The molecule has 0 bridgehead atoms. The van der Waals surface area contributed by atoms with Crippen molar-refractivity contribution in [2.24, 2.45) is 0 Å². The number of fused-ring (bicyclic) bond motifs is 2. The molecule has 1 atom stereocenters. The van der Waals surface area contributed by atoms with E-state index in [1.807, 2.05) is 0 Å². The monoisotopic (exact) mass is 416 g/mol. The molecular formula is C17H12ClF3N2O5. The van der Waals surface area contributed by atoms with Gasteiger partial charge in [-0.15, -0.1) is 0 Å². The third-order valence-electron chi connectivity index (χ3n) is 3.86. The van der Waals surface area contributed by atoms with Gasteiger partial charge in [-0.1, -0.05) is 11.6 Å². The number of carbonyl (C=O) groups excluding carboxylic acids is 1. The van der Waals surface area contributed by atoms with Gasteiger partial charge in [-0.05, 0) is 24.3 Å². The number of nitrogens with one attached hydrogen (secondary N) is 2. The molecule has 2 amide bonds. The smallest absolute Gasteiger partial charge is 0.486 e. The van der Waals surface area contributed by atoms with Gasteiger partial charge in [-0.3, -0.25) is 5.32 Å². The number of benzene rings is 2. The van der Waals surface area contributed by atoms with E-state index in [-0.39, 0.29) is 22.2 Å². The first-order chi connectivity index (χ1) is 13.3. The normalized spacial score (nSPS) is 19.9. The highest BCUT2D eigenvalue weighted by Crippen LogP contribution is 2.46. The molecule has 2 heterocycles. The van der Waals surface area contributed by atoms with Crippen molar-refractivity contribution in [3.8, 4) is 23.0 Å². The molecule has 7 nitrogen and oxygen atoms in total. The van der Waals surface area contributed by atoms with Crippen LogP contribution in [0, 0.1) is 0 Å². The van der Waals surface area contributed by atoms with Crippen molar-refractivity contribution in [1.82, 2.24) is 5.32 Å². The summed E-state index contributed by atoms with van der Waals surface area (Å²) in [7, 11) is 0. The molecule has 0 spiro atoms. The zero-order valence-electron chi connectivity index (χ0n) is 13.9. The summed E-state index contributed by atoms with van der Waals surface area (Å²) in [6.45, 7) is 0.704. The SMILES string of the molecule is O=C(Nc1ccc2c(c1)OCCO2)N[C@]1(C(F)(F)F)Oc2ccc(Cl)cc2O1. The van der Waals surface area contributed by atoms with Crippen LogP contribution in [0.15, 0.2) is 36.4 Å². The molecule has 0 unspecified atom stereocenters. The van der Waals surface area contributed by atoms with E-state index in [9.17, 15) is 18.0 Å². The topological polar surface area (TPSA) is 78.1 Å². The molecule has 0 saturated heterocycles. The second-order valence-corrected chi connectivity index (χ2v) is 6.28. The van der Waals surface area contributed by atoms with E-state index in [2.05, 4.69) is 5.32 Å². The number of amides is 2. The number of halogens is 4. The molecular weight excluding hydrogens is 405 g/mol. The maximum atomic E-state index is 13.6. The summed E-state index contributed by atoms with van der Waals surface area (Å²) in [6.07, 6.45) is -5.08. The van der Waals surface area contributed by atoms with Gasteiger partial charge in [0.1, 0.15) is 13.2 Å². The Morgan fingerprint density at radius 2 is 1.64 bits per heavy atom. The largest absolute Gasteiger partial charge is 0.492 e. The molecule has 0 aliphatic carbocycles. The highest BCUT2D eigenvalue weighted by atomic mass is 35.5. The van der Waals surface area contributed by atoms with Crippen LogP contribution in [0.3, 0.4) is 0 Å². The highest BCUT2D eigenvalue weighted by Gasteiger charge is 2.65. The lowest BCUT2D eigenvalue weighted by Crippen LogP contribution is -2.65. The van der Waals surface area contributed by atoms with Crippen LogP contribution in [0.25, 0.3) is 0 Å². The predicted octanol–water partition coefficient (Wildman–Crippen LogP) is 3.92. The van der Waals surface area contributed by atoms with Gasteiger partial charge in [0.25, 0.3) is 0 Å². The summed E-state index contributed by atoms with van der Waals surface area (Å²) in [4.78, 5) is 12.2. The number of anilines is 1. The molecule has 148 valence electrons. The van der Waals surface area contributed by atoms with Crippen molar-refractivity contribution >= 4 is 23.3 Å². The molecule has 2 aromatic rings. The van der Waals surface area contributed by atoms with E-state index >= 15 is 0 Å². The van der Waals surface area contributed by atoms with E-state index in [0.29, 0.717) is 24.7 Å². The highest BCUT2D eigenvalue weighted by molar-refractivity contribution is 6.30. The second-order valence-electron chi connectivity index (χ2n) is 5.85. The van der Waals surface area contributed by atoms with Gasteiger partial charge in [0.2, 0.25) is 0 Å². The zero-order chi connectivity index (χ0) is 19.9. The summed E-state index contributed by atoms with van der Waals surface area (Å²) in [6, 6.07) is 6.93. The maximum absolute atomic E-state index is 13.6. The molecule has 2 aromatic carbocycles. The van der Waals surface area contributed by atoms with E-state index in [0.717, 1.165) is 6.07 Å². The fourth-order valence-corrected chi connectivity index (χ4v) is 2.81. The summed E-state index contributed by atoms with van der Waals surface area (Å²) in [5, 5.41) is 4.13. The lowest BCUT2D eigenvalue weighted by Gasteiger charge is -2.29. The Hall–Kier alpha value is -3.01. The first-order valence-electron chi connectivity index (χ1n) is 7.99. The third kappa shape index (κ3) is 3.31. The van der Waals surface area contributed by atoms with Crippen molar-refractivity contribution in [3.05, 3.63) is 41.4 Å². The van der Waals surface area contributed by atoms with Crippen LogP contribution < -0.4 is 29.6 Å². The van der Waals surface area contributed by atoms with E-state index < -0.39 is 18.1 Å². The van der Waals surface area contributed by atoms with Gasteiger partial charge in [0.05, 0.1) is 0 Å². The fraction of sp³-hybridized carbons (Fsp3) is 0.235. The van der Waals surface area contributed by atoms with Crippen LogP contribution in [0.2, 0.25) is 5.02 Å². The van der Waals surface area contributed by atoms with Crippen molar-refractivity contribution in [3.63, 3.8) is 0 Å². The Morgan fingerprint density at radius 3 is 2.39 bits per heavy atom. The number of rotatable bonds is 2. The number of hydrogen-bond donors (Lipinski definition) is 2. The van der Waals surface area contributed by atoms with Crippen LogP contribution in [0.5, 0.6) is 23.0 Å². The Bertz CT molecular complexity index is 939. The van der Waals surface area contributed by atoms with Gasteiger partial charge in [0.15, 0.2) is 23.0 Å². The van der Waals surface area contributed by atoms with Gasteiger partial charge in [0, 0.05) is 22.8 Å². The fourth-order valence-electron chi connectivity index (χ4n) is 2.65. The Morgan fingerprint density at radius 1 is 0.964 bits per heavy atom. The van der Waals surface area contributed by atoms with Crippen molar-refractivity contribution in [2.75, 3.05) is 18.5 Å².